The monoisotopic (exact) mass is 414 g/mol. The molecule has 0 saturated carbocycles. The molecule has 128 valence electrons. The van der Waals surface area contributed by atoms with Crippen molar-refractivity contribution in [3.05, 3.63) is 38.0 Å². The Hall–Kier alpha value is 0.200. The van der Waals surface area contributed by atoms with E-state index in [1.807, 2.05) is 0 Å². The molecule has 1 aromatic carbocycles. The Kier molecular flexibility index (Phi) is 9.06. The van der Waals surface area contributed by atoms with E-state index in [1.165, 1.54) is 18.1 Å². The summed E-state index contributed by atoms with van der Waals surface area (Å²) in [6.07, 6.45) is 3.77. The van der Waals surface area contributed by atoms with Crippen LogP contribution in [0.4, 0.5) is 0 Å². The summed E-state index contributed by atoms with van der Waals surface area (Å²) in [5.74, 6) is 0.134. The first-order chi connectivity index (χ1) is 10.9. The summed E-state index contributed by atoms with van der Waals surface area (Å²) in [6, 6.07) is 4.81. The molecule has 0 fully saturated rings. The molecular weight excluding hydrogens is 395 g/mol. The Morgan fingerprint density at radius 1 is 1.29 bits per heavy atom. The number of benzene rings is 1. The van der Waals surface area contributed by atoms with Gasteiger partial charge < -0.3 is 4.74 Å². The molecule has 0 aliphatic heterocycles. The minimum absolute atomic E-state index is 0. The van der Waals surface area contributed by atoms with Crippen molar-refractivity contribution in [2.45, 2.75) is 37.5 Å². The van der Waals surface area contributed by atoms with Gasteiger partial charge in [-0.25, -0.2) is 0 Å². The third-order valence-electron chi connectivity index (χ3n) is 3.45. The van der Waals surface area contributed by atoms with E-state index in [0.29, 0.717) is 6.42 Å². The standard InChI is InChI=1S/C15H18O4S4.Na.H/c1-3-4-5-13-11(15(20)22-21-13)8-10-6-7-12(19-2)14(9-10)23(16,17)18;;/h6-7,9H,3-5,8H2,1-2H3,(H,16,17,18);;. The summed E-state index contributed by atoms with van der Waals surface area (Å²) in [6.45, 7) is 2.15. The molecular formula is C15H19NaO4S4. The Morgan fingerprint density at radius 2 is 2.00 bits per heavy atom. The summed E-state index contributed by atoms with van der Waals surface area (Å²) in [5, 5.41) is 0. The van der Waals surface area contributed by atoms with Crippen LogP contribution in [0.1, 0.15) is 35.8 Å². The fourth-order valence-electron chi connectivity index (χ4n) is 2.24. The Labute approximate surface area is 177 Å². The zero-order chi connectivity index (χ0) is 17.0. The van der Waals surface area contributed by atoms with Crippen LogP contribution in [0.2, 0.25) is 0 Å². The van der Waals surface area contributed by atoms with Gasteiger partial charge in [0.1, 0.15) is 14.5 Å². The SMILES string of the molecule is CCCCc1ssc(=S)c1Cc1ccc(OC)c(S(=O)(=O)O)c1.[NaH]. The van der Waals surface area contributed by atoms with Gasteiger partial charge in [-0.3, -0.25) is 4.55 Å². The maximum atomic E-state index is 11.5. The molecule has 4 nitrogen and oxygen atoms in total. The van der Waals surface area contributed by atoms with Crippen LogP contribution in [0.25, 0.3) is 0 Å². The maximum absolute atomic E-state index is 11.5. The first kappa shape index (κ1) is 22.2. The van der Waals surface area contributed by atoms with Gasteiger partial charge in [0.15, 0.2) is 0 Å². The van der Waals surface area contributed by atoms with Gasteiger partial charge in [-0.05, 0) is 36.1 Å². The quantitative estimate of drug-likeness (QED) is 0.320. The van der Waals surface area contributed by atoms with Crippen molar-refractivity contribution in [3.8, 4) is 5.75 Å². The first-order valence-electron chi connectivity index (χ1n) is 7.12. The topological polar surface area (TPSA) is 63.6 Å². The van der Waals surface area contributed by atoms with Gasteiger partial charge in [0.25, 0.3) is 10.1 Å². The van der Waals surface area contributed by atoms with E-state index in [-0.39, 0.29) is 40.2 Å². The van der Waals surface area contributed by atoms with Crippen molar-refractivity contribution in [1.29, 1.82) is 0 Å². The second kappa shape index (κ2) is 9.78. The van der Waals surface area contributed by atoms with Gasteiger partial charge in [0, 0.05) is 11.3 Å². The van der Waals surface area contributed by atoms with Crippen LogP contribution in [0.5, 0.6) is 5.75 Å². The third kappa shape index (κ3) is 5.60. The van der Waals surface area contributed by atoms with Crippen molar-refractivity contribution >= 4 is 72.6 Å². The Morgan fingerprint density at radius 3 is 2.58 bits per heavy atom. The second-order valence-electron chi connectivity index (χ2n) is 5.10. The molecule has 1 N–H and O–H groups in total. The van der Waals surface area contributed by atoms with Gasteiger partial charge in [-0.2, -0.15) is 8.42 Å². The third-order valence-corrected chi connectivity index (χ3v) is 7.62. The summed E-state index contributed by atoms with van der Waals surface area (Å²) >= 11 is 5.41. The Balaban J connectivity index is 0.00000288. The van der Waals surface area contributed by atoms with E-state index in [9.17, 15) is 13.0 Å². The number of rotatable bonds is 7. The van der Waals surface area contributed by atoms with E-state index in [0.717, 1.165) is 34.2 Å². The number of ether oxygens (including phenoxy) is 1. The van der Waals surface area contributed by atoms with Crippen LogP contribution in [0.3, 0.4) is 0 Å². The number of hydrogen-bond acceptors (Lipinski definition) is 6. The minimum atomic E-state index is -4.33. The van der Waals surface area contributed by atoms with Crippen molar-refractivity contribution in [1.82, 2.24) is 0 Å². The molecule has 0 bridgehead atoms. The van der Waals surface area contributed by atoms with E-state index in [4.69, 9.17) is 17.0 Å². The predicted octanol–water partition coefficient (Wildman–Crippen LogP) is 4.08. The van der Waals surface area contributed by atoms with Crippen molar-refractivity contribution in [3.63, 3.8) is 0 Å². The van der Waals surface area contributed by atoms with Crippen molar-refractivity contribution in [2.75, 3.05) is 7.11 Å². The number of unbranched alkanes of at least 4 members (excludes halogenated alkanes) is 1. The molecule has 2 aromatic rings. The predicted molar refractivity (Wildman–Crippen MR) is 104 cm³/mol. The molecule has 0 spiro atoms. The molecule has 24 heavy (non-hydrogen) atoms. The summed E-state index contributed by atoms with van der Waals surface area (Å²) in [4.78, 5) is 1.06. The van der Waals surface area contributed by atoms with E-state index >= 15 is 0 Å². The van der Waals surface area contributed by atoms with Gasteiger partial charge >= 0.3 is 29.6 Å². The van der Waals surface area contributed by atoms with Gasteiger partial charge in [-0.15, -0.1) is 0 Å². The number of aryl methyl sites for hydroxylation is 1. The first-order valence-corrected chi connectivity index (χ1v) is 11.1. The summed E-state index contributed by atoms with van der Waals surface area (Å²) in [5.41, 5.74) is 1.88. The molecule has 0 amide bonds. The van der Waals surface area contributed by atoms with Crippen LogP contribution in [0.15, 0.2) is 23.1 Å². The van der Waals surface area contributed by atoms with E-state index in [2.05, 4.69) is 6.92 Å². The Bertz CT molecular complexity index is 839. The van der Waals surface area contributed by atoms with E-state index in [1.54, 1.807) is 32.8 Å². The fourth-order valence-corrected chi connectivity index (χ4v) is 5.93. The van der Waals surface area contributed by atoms with Crippen LogP contribution >= 0.6 is 32.9 Å². The van der Waals surface area contributed by atoms with Crippen LogP contribution in [-0.4, -0.2) is 49.6 Å². The zero-order valence-electron chi connectivity index (χ0n) is 12.9. The molecule has 0 saturated heterocycles. The zero-order valence-corrected chi connectivity index (χ0v) is 16.1. The van der Waals surface area contributed by atoms with Crippen LogP contribution < -0.4 is 4.74 Å². The molecule has 0 unspecified atom stereocenters. The average Bonchev–Trinajstić information content (AvgIpc) is 2.85. The molecule has 0 aliphatic rings. The molecule has 0 radical (unpaired) electrons. The fraction of sp³-hybridized carbons (Fsp3) is 0.400. The molecule has 9 heteroatoms. The van der Waals surface area contributed by atoms with Crippen LogP contribution in [-0.2, 0) is 23.0 Å². The second-order valence-corrected chi connectivity index (χ2v) is 9.39. The van der Waals surface area contributed by atoms with Crippen molar-refractivity contribution in [2.24, 2.45) is 0 Å². The number of hydrogen-bond donors (Lipinski definition) is 1. The number of methoxy groups -OCH3 is 1. The average molecular weight is 415 g/mol. The molecule has 1 heterocycles. The summed E-state index contributed by atoms with van der Waals surface area (Å²) < 4.78 is 38.2. The van der Waals surface area contributed by atoms with Gasteiger partial charge in [0.2, 0.25) is 0 Å². The summed E-state index contributed by atoms with van der Waals surface area (Å²) in [7, 11) is 0.322. The van der Waals surface area contributed by atoms with Crippen LogP contribution in [0, 0.1) is 3.82 Å². The molecule has 0 atom stereocenters. The van der Waals surface area contributed by atoms with Crippen molar-refractivity contribution < 1.29 is 17.7 Å². The van der Waals surface area contributed by atoms with Gasteiger partial charge in [0.05, 0.1) is 7.11 Å². The van der Waals surface area contributed by atoms with Gasteiger partial charge in [-0.1, -0.05) is 52.3 Å². The molecule has 2 rings (SSSR count). The normalized spacial score (nSPS) is 11.1. The van der Waals surface area contributed by atoms with E-state index < -0.39 is 10.1 Å². The molecule has 0 aliphatic carbocycles. The molecule has 1 aromatic heterocycles.